The summed E-state index contributed by atoms with van der Waals surface area (Å²) >= 11 is 0. The molecule has 0 spiro atoms. The van der Waals surface area contributed by atoms with E-state index in [-0.39, 0.29) is 17.3 Å². The molecule has 1 fully saturated rings. The van der Waals surface area contributed by atoms with Gasteiger partial charge in [-0.05, 0) is 45.0 Å². The number of benzene rings is 1. The molecule has 0 radical (unpaired) electrons. The van der Waals surface area contributed by atoms with Gasteiger partial charge in [-0.3, -0.25) is 4.79 Å². The predicted octanol–water partition coefficient (Wildman–Crippen LogP) is 1.93. The molecule has 0 aliphatic carbocycles. The van der Waals surface area contributed by atoms with Crippen LogP contribution in [0.4, 0.5) is 10.1 Å². The third-order valence-corrected chi connectivity index (χ3v) is 3.11. The zero-order chi connectivity index (χ0) is 12.5. The van der Waals surface area contributed by atoms with Crippen molar-refractivity contribution in [3.05, 3.63) is 30.1 Å². The summed E-state index contributed by atoms with van der Waals surface area (Å²) < 4.78 is 13.2. The zero-order valence-electron chi connectivity index (χ0n) is 10.2. The van der Waals surface area contributed by atoms with E-state index >= 15 is 0 Å². The number of carbonyl (C=O) groups excluding carboxylic acids is 1. The number of nitrogens with one attached hydrogen (secondary N) is 1. The van der Waals surface area contributed by atoms with E-state index in [0.29, 0.717) is 12.2 Å². The molecule has 92 valence electrons. The number of nitrogens with zero attached hydrogens (tertiary/aromatic N) is 1. The van der Waals surface area contributed by atoms with Crippen molar-refractivity contribution in [2.45, 2.75) is 25.8 Å². The molecule has 1 N–H and O–H groups in total. The maximum absolute atomic E-state index is 13.2. The van der Waals surface area contributed by atoms with Crippen LogP contribution in [0.2, 0.25) is 0 Å². The highest BCUT2D eigenvalue weighted by Crippen LogP contribution is 2.28. The van der Waals surface area contributed by atoms with E-state index in [2.05, 4.69) is 5.32 Å². The molecular weight excluding hydrogens is 219 g/mol. The number of amides is 1. The number of carbonyl (C=O) groups is 1. The first-order chi connectivity index (χ1) is 8.00. The van der Waals surface area contributed by atoms with E-state index in [4.69, 9.17) is 0 Å². The van der Waals surface area contributed by atoms with E-state index in [9.17, 15) is 9.18 Å². The predicted molar refractivity (Wildman–Crippen MR) is 65.5 cm³/mol. The van der Waals surface area contributed by atoms with Gasteiger partial charge in [-0.2, -0.15) is 0 Å². The highest BCUT2D eigenvalue weighted by Gasteiger charge is 2.33. The number of anilines is 1. The fraction of sp³-hybridized carbons (Fsp3) is 0.462. The average molecular weight is 236 g/mol. The van der Waals surface area contributed by atoms with Crippen molar-refractivity contribution in [3.8, 4) is 0 Å². The molecule has 1 aromatic rings. The zero-order valence-corrected chi connectivity index (χ0v) is 10.2. The van der Waals surface area contributed by atoms with Crippen molar-refractivity contribution < 1.29 is 9.18 Å². The Balaban J connectivity index is 2.41. The van der Waals surface area contributed by atoms with Crippen LogP contribution in [-0.4, -0.2) is 24.5 Å². The van der Waals surface area contributed by atoms with Crippen molar-refractivity contribution in [2.75, 3.05) is 18.0 Å². The monoisotopic (exact) mass is 236 g/mol. The smallest absolute Gasteiger partial charge is 0.241 e. The topological polar surface area (TPSA) is 32.3 Å². The summed E-state index contributed by atoms with van der Waals surface area (Å²) in [4.78, 5) is 13.8. The van der Waals surface area contributed by atoms with E-state index in [1.807, 2.05) is 13.8 Å². The second kappa shape index (κ2) is 4.45. The van der Waals surface area contributed by atoms with Crippen molar-refractivity contribution >= 4 is 11.6 Å². The van der Waals surface area contributed by atoms with Gasteiger partial charge in [0.1, 0.15) is 5.82 Å². The summed E-state index contributed by atoms with van der Waals surface area (Å²) in [7, 11) is 0. The van der Waals surface area contributed by atoms with Crippen molar-refractivity contribution in [2.24, 2.45) is 0 Å². The first kappa shape index (κ1) is 12.0. The summed E-state index contributed by atoms with van der Waals surface area (Å²) in [5, 5.41) is 3.08. The molecule has 4 heteroatoms. The molecule has 1 saturated heterocycles. The molecule has 0 atom stereocenters. The maximum Gasteiger partial charge on any atom is 0.241 e. The maximum atomic E-state index is 13.2. The molecule has 0 unspecified atom stereocenters. The highest BCUT2D eigenvalue weighted by molar-refractivity contribution is 5.96. The Hall–Kier alpha value is -1.42. The molecule has 17 heavy (non-hydrogen) atoms. The molecule has 3 nitrogen and oxygen atoms in total. The lowest BCUT2D eigenvalue weighted by molar-refractivity contribution is -0.118. The fourth-order valence-electron chi connectivity index (χ4n) is 2.23. The Kier molecular flexibility index (Phi) is 3.15. The third kappa shape index (κ3) is 2.47. The lowest BCUT2D eigenvalue weighted by Crippen LogP contribution is -2.48. The van der Waals surface area contributed by atoms with Crippen LogP contribution < -0.4 is 10.2 Å². The van der Waals surface area contributed by atoms with Crippen LogP contribution in [0.5, 0.6) is 0 Å². The Morgan fingerprint density at radius 1 is 1.41 bits per heavy atom. The minimum absolute atomic E-state index is 0.0156. The molecule has 2 rings (SSSR count). The standard InChI is InChI=1S/C13H17FN2O/c1-13(2)6-7-15-9-12(17)16(13)11-5-3-4-10(14)8-11/h3-5,8,15H,6-7,9H2,1-2H3. The van der Waals surface area contributed by atoms with Crippen LogP contribution in [0, 0.1) is 5.82 Å². The van der Waals surface area contributed by atoms with Crippen molar-refractivity contribution in [1.29, 1.82) is 0 Å². The molecule has 0 saturated carbocycles. The van der Waals surface area contributed by atoms with Crippen LogP contribution in [-0.2, 0) is 4.79 Å². The number of hydrogen-bond donors (Lipinski definition) is 1. The number of hydrogen-bond acceptors (Lipinski definition) is 2. The van der Waals surface area contributed by atoms with Gasteiger partial charge in [0, 0.05) is 11.2 Å². The second-order valence-corrected chi connectivity index (χ2v) is 4.95. The van der Waals surface area contributed by atoms with E-state index in [1.165, 1.54) is 12.1 Å². The van der Waals surface area contributed by atoms with Crippen LogP contribution in [0.3, 0.4) is 0 Å². The van der Waals surface area contributed by atoms with Gasteiger partial charge < -0.3 is 10.2 Å². The second-order valence-electron chi connectivity index (χ2n) is 4.95. The van der Waals surface area contributed by atoms with Crippen LogP contribution in [0.15, 0.2) is 24.3 Å². The normalized spacial score (nSPS) is 20.2. The average Bonchev–Trinajstić information content (AvgIpc) is 2.36. The summed E-state index contributed by atoms with van der Waals surface area (Å²) in [6.07, 6.45) is 0.843. The molecule has 0 bridgehead atoms. The number of halogens is 1. The molecule has 1 aliphatic rings. The van der Waals surface area contributed by atoms with E-state index in [1.54, 1.807) is 17.0 Å². The molecule has 1 heterocycles. The minimum atomic E-state index is -0.316. The SMILES string of the molecule is CC1(C)CCNCC(=O)N1c1cccc(F)c1. The summed E-state index contributed by atoms with van der Waals surface area (Å²) in [5.74, 6) is -0.332. The Morgan fingerprint density at radius 2 is 2.18 bits per heavy atom. The van der Waals surface area contributed by atoms with Crippen molar-refractivity contribution in [3.63, 3.8) is 0 Å². The molecule has 1 aliphatic heterocycles. The van der Waals surface area contributed by atoms with Crippen LogP contribution in [0.1, 0.15) is 20.3 Å². The van der Waals surface area contributed by atoms with Crippen LogP contribution in [0.25, 0.3) is 0 Å². The molecular formula is C13H17FN2O. The number of rotatable bonds is 1. The molecule has 1 aromatic carbocycles. The summed E-state index contributed by atoms with van der Waals surface area (Å²) in [6, 6.07) is 6.20. The van der Waals surface area contributed by atoms with Gasteiger partial charge in [-0.15, -0.1) is 0 Å². The molecule has 1 amide bonds. The van der Waals surface area contributed by atoms with Crippen molar-refractivity contribution in [1.82, 2.24) is 5.32 Å². The first-order valence-electron chi connectivity index (χ1n) is 5.80. The molecule has 0 aromatic heterocycles. The van der Waals surface area contributed by atoms with Gasteiger partial charge in [-0.25, -0.2) is 4.39 Å². The Labute approximate surface area is 101 Å². The highest BCUT2D eigenvalue weighted by atomic mass is 19.1. The van der Waals surface area contributed by atoms with Gasteiger partial charge in [0.15, 0.2) is 0 Å². The van der Waals surface area contributed by atoms with Gasteiger partial charge >= 0.3 is 0 Å². The minimum Gasteiger partial charge on any atom is -0.308 e. The quantitative estimate of drug-likeness (QED) is 0.808. The van der Waals surface area contributed by atoms with E-state index < -0.39 is 0 Å². The fourth-order valence-corrected chi connectivity index (χ4v) is 2.23. The van der Waals surface area contributed by atoms with E-state index in [0.717, 1.165) is 13.0 Å². The summed E-state index contributed by atoms with van der Waals surface area (Å²) in [6.45, 7) is 5.11. The van der Waals surface area contributed by atoms with Gasteiger partial charge in [0.05, 0.1) is 6.54 Å². The summed E-state index contributed by atoms with van der Waals surface area (Å²) in [5.41, 5.74) is 0.331. The lowest BCUT2D eigenvalue weighted by Gasteiger charge is -2.37. The Bertz CT molecular complexity index is 431. The van der Waals surface area contributed by atoms with Gasteiger partial charge in [0.25, 0.3) is 0 Å². The van der Waals surface area contributed by atoms with Gasteiger partial charge in [0.2, 0.25) is 5.91 Å². The Morgan fingerprint density at radius 3 is 2.88 bits per heavy atom. The van der Waals surface area contributed by atoms with Crippen LogP contribution >= 0.6 is 0 Å². The largest absolute Gasteiger partial charge is 0.308 e. The first-order valence-corrected chi connectivity index (χ1v) is 5.80. The third-order valence-electron chi connectivity index (χ3n) is 3.11. The van der Waals surface area contributed by atoms with Gasteiger partial charge in [-0.1, -0.05) is 6.07 Å². The lowest BCUT2D eigenvalue weighted by atomic mass is 9.97.